The molecular weight excluding hydrogens is 462 g/mol. The van der Waals surface area contributed by atoms with Crippen LogP contribution in [0.3, 0.4) is 0 Å². The molecule has 2 aromatic carbocycles. The first-order valence-electron chi connectivity index (χ1n) is 10.7. The van der Waals surface area contributed by atoms with Gasteiger partial charge in [0.25, 0.3) is 5.91 Å². The number of piperazine rings is 1. The van der Waals surface area contributed by atoms with Crippen molar-refractivity contribution < 1.29 is 21.6 Å². The smallest absolute Gasteiger partial charge is 0.254 e. The van der Waals surface area contributed by atoms with Crippen molar-refractivity contribution in [2.45, 2.75) is 51.3 Å². The maximum atomic E-state index is 13.5. The first kappa shape index (κ1) is 25.4. The van der Waals surface area contributed by atoms with Crippen molar-refractivity contribution in [2.75, 3.05) is 26.2 Å². The maximum Gasteiger partial charge on any atom is 0.254 e. The lowest BCUT2D eigenvalue weighted by Crippen LogP contribution is -2.50. The van der Waals surface area contributed by atoms with E-state index in [0.717, 1.165) is 27.8 Å². The quantitative estimate of drug-likeness (QED) is 0.701. The van der Waals surface area contributed by atoms with E-state index in [1.54, 1.807) is 17.9 Å². The molecule has 0 bridgehead atoms. The van der Waals surface area contributed by atoms with Gasteiger partial charge in [0.2, 0.25) is 20.0 Å². The van der Waals surface area contributed by atoms with Crippen LogP contribution in [0.1, 0.15) is 43.7 Å². The minimum absolute atomic E-state index is 0.131. The first-order valence-corrected chi connectivity index (χ1v) is 13.7. The number of aryl methyl sites for hydroxylation is 1. The molecule has 180 valence electrons. The Morgan fingerprint density at radius 2 is 1.27 bits per heavy atom. The Hall–Kier alpha value is -2.27. The molecule has 0 aromatic heterocycles. The van der Waals surface area contributed by atoms with Gasteiger partial charge in [0, 0.05) is 31.7 Å². The van der Waals surface area contributed by atoms with Crippen molar-refractivity contribution in [3.05, 3.63) is 57.1 Å². The van der Waals surface area contributed by atoms with Gasteiger partial charge in [0.15, 0.2) is 0 Å². The van der Waals surface area contributed by atoms with Gasteiger partial charge in [-0.05, 0) is 87.1 Å². The number of amides is 1. The SMILES string of the molecule is Cc1ccc(S(N)(=O)=O)cc1C(=O)N1CCN(S(=O)(=O)c2c(C)c(C)c(C)c(C)c2C)CC1. The fourth-order valence-electron chi connectivity index (χ4n) is 4.29. The molecule has 33 heavy (non-hydrogen) atoms. The van der Waals surface area contributed by atoms with Crippen LogP contribution >= 0.6 is 0 Å². The molecule has 0 saturated carbocycles. The Balaban J connectivity index is 1.86. The second kappa shape index (κ2) is 8.83. The summed E-state index contributed by atoms with van der Waals surface area (Å²) in [6.07, 6.45) is 0. The van der Waals surface area contributed by atoms with Crippen molar-refractivity contribution in [3.63, 3.8) is 0 Å². The summed E-state index contributed by atoms with van der Waals surface area (Å²) < 4.78 is 51.9. The van der Waals surface area contributed by atoms with Gasteiger partial charge in [-0.3, -0.25) is 4.79 Å². The summed E-state index contributed by atoms with van der Waals surface area (Å²) in [6, 6.07) is 4.18. The number of nitrogens with zero attached hydrogens (tertiary/aromatic N) is 2. The number of rotatable bonds is 4. The largest absolute Gasteiger partial charge is 0.336 e. The molecule has 8 nitrogen and oxygen atoms in total. The van der Waals surface area contributed by atoms with E-state index < -0.39 is 20.0 Å². The molecule has 1 fully saturated rings. The molecule has 1 aliphatic rings. The van der Waals surface area contributed by atoms with E-state index >= 15 is 0 Å². The highest BCUT2D eigenvalue weighted by Crippen LogP contribution is 2.32. The van der Waals surface area contributed by atoms with E-state index in [4.69, 9.17) is 5.14 Å². The number of primary sulfonamides is 1. The zero-order chi connectivity index (χ0) is 24.9. The van der Waals surface area contributed by atoms with Crippen molar-refractivity contribution in [2.24, 2.45) is 5.14 Å². The van der Waals surface area contributed by atoms with Crippen LogP contribution in [0.15, 0.2) is 28.0 Å². The van der Waals surface area contributed by atoms with Crippen LogP contribution in [0.25, 0.3) is 0 Å². The molecule has 1 heterocycles. The summed E-state index contributed by atoms with van der Waals surface area (Å²) >= 11 is 0. The van der Waals surface area contributed by atoms with E-state index in [1.165, 1.54) is 16.4 Å². The molecule has 3 rings (SSSR count). The molecule has 0 unspecified atom stereocenters. The molecular formula is C23H31N3O5S2. The summed E-state index contributed by atoms with van der Waals surface area (Å²) in [5.41, 5.74) is 5.41. The summed E-state index contributed by atoms with van der Waals surface area (Å²) in [7, 11) is -7.68. The van der Waals surface area contributed by atoms with Crippen LogP contribution in [0.2, 0.25) is 0 Å². The average molecular weight is 494 g/mol. The van der Waals surface area contributed by atoms with Crippen molar-refractivity contribution >= 4 is 26.0 Å². The fourth-order valence-corrected chi connectivity index (χ4v) is 6.81. The number of hydrogen-bond acceptors (Lipinski definition) is 5. The van der Waals surface area contributed by atoms with E-state index in [2.05, 4.69) is 0 Å². The lowest BCUT2D eigenvalue weighted by Gasteiger charge is -2.35. The molecule has 0 aliphatic carbocycles. The zero-order valence-corrected chi connectivity index (χ0v) is 21.5. The van der Waals surface area contributed by atoms with Crippen LogP contribution in [0.4, 0.5) is 0 Å². The van der Waals surface area contributed by atoms with E-state index in [1.807, 2.05) is 34.6 Å². The van der Waals surface area contributed by atoms with Gasteiger partial charge in [-0.15, -0.1) is 0 Å². The first-order chi connectivity index (χ1) is 15.2. The highest BCUT2D eigenvalue weighted by Gasteiger charge is 2.34. The Labute approximate surface area is 196 Å². The van der Waals surface area contributed by atoms with Crippen molar-refractivity contribution in [1.29, 1.82) is 0 Å². The number of sulfonamides is 2. The van der Waals surface area contributed by atoms with E-state index in [-0.39, 0.29) is 42.5 Å². The van der Waals surface area contributed by atoms with E-state index in [9.17, 15) is 21.6 Å². The highest BCUT2D eigenvalue weighted by molar-refractivity contribution is 7.89. The molecule has 0 radical (unpaired) electrons. The third-order valence-corrected chi connectivity index (χ3v) is 9.91. The topological polar surface area (TPSA) is 118 Å². The summed E-state index contributed by atoms with van der Waals surface area (Å²) in [4.78, 5) is 14.8. The zero-order valence-electron chi connectivity index (χ0n) is 19.9. The van der Waals surface area contributed by atoms with Crippen molar-refractivity contribution in [1.82, 2.24) is 9.21 Å². The Morgan fingerprint density at radius 3 is 1.76 bits per heavy atom. The van der Waals surface area contributed by atoms with Gasteiger partial charge in [0.1, 0.15) is 0 Å². The van der Waals surface area contributed by atoms with Crippen molar-refractivity contribution in [3.8, 4) is 0 Å². The van der Waals surface area contributed by atoms with Gasteiger partial charge in [-0.25, -0.2) is 22.0 Å². The third-order valence-electron chi connectivity index (χ3n) is 6.82. The number of carbonyl (C=O) groups is 1. The molecule has 2 N–H and O–H groups in total. The third kappa shape index (κ3) is 4.57. The minimum Gasteiger partial charge on any atom is -0.336 e. The highest BCUT2D eigenvalue weighted by atomic mass is 32.2. The lowest BCUT2D eigenvalue weighted by molar-refractivity contribution is 0.0697. The number of nitrogens with two attached hydrogens (primary N) is 1. The maximum absolute atomic E-state index is 13.5. The van der Waals surface area contributed by atoms with Gasteiger partial charge in [0.05, 0.1) is 9.79 Å². The van der Waals surface area contributed by atoms with Crippen LogP contribution in [-0.2, 0) is 20.0 Å². The molecule has 2 aromatic rings. The van der Waals surface area contributed by atoms with Gasteiger partial charge in [-0.1, -0.05) is 6.07 Å². The summed E-state index contributed by atoms with van der Waals surface area (Å²) in [6.45, 7) is 12.0. The summed E-state index contributed by atoms with van der Waals surface area (Å²) in [5, 5.41) is 5.20. The van der Waals surface area contributed by atoms with Crippen LogP contribution in [0.5, 0.6) is 0 Å². The number of benzene rings is 2. The molecule has 1 saturated heterocycles. The second-order valence-electron chi connectivity index (χ2n) is 8.67. The standard InChI is InChI=1S/C23H31N3O5S2/c1-14-7-8-20(32(24,28)29)13-21(14)23(27)25-9-11-26(12-10-25)33(30,31)22-18(5)16(3)15(2)17(4)19(22)6/h7-8,13H,9-12H2,1-6H3,(H2,24,28,29). The van der Waals surface area contributed by atoms with Crippen LogP contribution in [0, 0.1) is 41.5 Å². The fraction of sp³-hybridized carbons (Fsp3) is 0.435. The predicted molar refractivity (Wildman–Crippen MR) is 127 cm³/mol. The molecule has 1 aliphatic heterocycles. The molecule has 0 atom stereocenters. The molecule has 10 heteroatoms. The predicted octanol–water partition coefficient (Wildman–Crippen LogP) is 2.33. The summed E-state index contributed by atoms with van der Waals surface area (Å²) in [5.74, 6) is -0.343. The monoisotopic (exact) mass is 493 g/mol. The van der Waals surface area contributed by atoms with Gasteiger partial charge < -0.3 is 4.90 Å². The molecule has 1 amide bonds. The second-order valence-corrected chi connectivity index (χ2v) is 12.1. The van der Waals surface area contributed by atoms with E-state index in [0.29, 0.717) is 10.5 Å². The number of carbonyl (C=O) groups excluding carboxylic acids is 1. The number of hydrogen-bond donors (Lipinski definition) is 1. The minimum atomic E-state index is -3.94. The Bertz CT molecular complexity index is 1310. The Morgan fingerprint density at radius 1 is 0.788 bits per heavy atom. The molecule has 0 spiro atoms. The normalized spacial score (nSPS) is 15.7. The van der Waals surface area contributed by atoms with Crippen LogP contribution in [-0.4, -0.2) is 58.1 Å². The van der Waals surface area contributed by atoms with Gasteiger partial charge >= 0.3 is 0 Å². The average Bonchev–Trinajstić information content (AvgIpc) is 2.75. The van der Waals surface area contributed by atoms with Gasteiger partial charge in [-0.2, -0.15) is 4.31 Å². The van der Waals surface area contributed by atoms with Crippen LogP contribution < -0.4 is 5.14 Å². The lowest BCUT2D eigenvalue weighted by atomic mass is 9.95. The Kier molecular flexibility index (Phi) is 6.78.